The molecule has 2 aliphatic rings. The van der Waals surface area contributed by atoms with Gasteiger partial charge in [-0.15, -0.1) is 0 Å². The monoisotopic (exact) mass is 382 g/mol. The van der Waals surface area contributed by atoms with E-state index in [1.165, 1.54) is 55.3 Å². The summed E-state index contributed by atoms with van der Waals surface area (Å²) in [6, 6.07) is 7.20. The number of rotatable bonds is 6. The van der Waals surface area contributed by atoms with Gasteiger partial charge in [-0.1, -0.05) is 25.5 Å². The maximum Gasteiger partial charge on any atom is 0.336 e. The number of benzene rings is 1. The molecule has 0 radical (unpaired) electrons. The Morgan fingerprint density at radius 1 is 1.25 bits per heavy atom. The molecule has 1 aromatic heterocycles. The predicted octanol–water partition coefficient (Wildman–Crippen LogP) is 4.55. The van der Waals surface area contributed by atoms with Crippen LogP contribution in [0.4, 0.5) is 4.79 Å². The van der Waals surface area contributed by atoms with Crippen molar-refractivity contribution in [3.63, 3.8) is 0 Å². The summed E-state index contributed by atoms with van der Waals surface area (Å²) in [6.07, 6.45) is 8.36. The maximum absolute atomic E-state index is 12.6. The summed E-state index contributed by atoms with van der Waals surface area (Å²) in [7, 11) is 0. The minimum atomic E-state index is -0.0277. The normalized spacial score (nSPS) is 21.5. The molecule has 5 heteroatoms. The van der Waals surface area contributed by atoms with Crippen molar-refractivity contribution in [2.75, 3.05) is 31.6 Å². The molecule has 5 nitrogen and oxygen atoms in total. The fraction of sp³-hybridized carbons (Fsp3) is 0.609. The molecule has 1 aliphatic carbocycles. The first-order chi connectivity index (χ1) is 13.7. The first-order valence-electron chi connectivity index (χ1n) is 11.1. The van der Waals surface area contributed by atoms with Gasteiger partial charge in [0.2, 0.25) is 0 Å². The minimum Gasteiger partial charge on any atom is -0.324 e. The average molecular weight is 383 g/mol. The van der Waals surface area contributed by atoms with Gasteiger partial charge in [0.25, 0.3) is 0 Å². The number of aromatic nitrogens is 1. The van der Waals surface area contributed by atoms with E-state index in [0.717, 1.165) is 25.0 Å². The lowest BCUT2D eigenvalue weighted by Gasteiger charge is -2.44. The highest BCUT2D eigenvalue weighted by atomic mass is 16.2. The summed E-state index contributed by atoms with van der Waals surface area (Å²) in [5.74, 6) is 0.621. The van der Waals surface area contributed by atoms with E-state index in [1.807, 2.05) is 23.4 Å². The number of unbranched alkanes of at least 4 members (excludes halogenated alkanes) is 1. The Hall–Kier alpha value is -2.01. The largest absolute Gasteiger partial charge is 0.336 e. The Bertz CT molecular complexity index is 838. The van der Waals surface area contributed by atoms with Crippen molar-refractivity contribution in [1.29, 1.82) is 0 Å². The fourth-order valence-corrected chi connectivity index (χ4v) is 5.26. The van der Waals surface area contributed by atoms with Crippen LogP contribution in [0.15, 0.2) is 24.4 Å². The number of urea groups is 1. The number of nitrogens with one attached hydrogen (secondary N) is 1. The second kappa shape index (κ2) is 8.16. The molecule has 1 aromatic carbocycles. The smallest absolute Gasteiger partial charge is 0.324 e. The fourth-order valence-electron chi connectivity index (χ4n) is 5.26. The molecule has 1 saturated heterocycles. The Kier molecular flexibility index (Phi) is 5.63. The highest BCUT2D eigenvalue weighted by Gasteiger charge is 2.37. The van der Waals surface area contributed by atoms with E-state index in [2.05, 4.69) is 41.6 Å². The molecular weight excluding hydrogens is 348 g/mol. The van der Waals surface area contributed by atoms with Gasteiger partial charge in [-0.3, -0.25) is 9.58 Å². The molecule has 2 heterocycles. The summed E-state index contributed by atoms with van der Waals surface area (Å²) in [5, 5.41) is 1.38. The van der Waals surface area contributed by atoms with Crippen LogP contribution in [0.1, 0.15) is 63.5 Å². The van der Waals surface area contributed by atoms with Crippen LogP contribution in [0.3, 0.4) is 0 Å². The summed E-state index contributed by atoms with van der Waals surface area (Å²) in [6.45, 7) is 10.2. The summed E-state index contributed by atoms with van der Waals surface area (Å²) < 4.78 is 1.96. The van der Waals surface area contributed by atoms with Gasteiger partial charge in [0.15, 0.2) is 0 Å². The van der Waals surface area contributed by atoms with Gasteiger partial charge in [0.05, 0.1) is 5.52 Å². The van der Waals surface area contributed by atoms with E-state index in [-0.39, 0.29) is 6.03 Å². The van der Waals surface area contributed by atoms with Crippen molar-refractivity contribution >= 4 is 16.9 Å². The van der Waals surface area contributed by atoms with E-state index in [0.29, 0.717) is 12.0 Å². The molecule has 4 rings (SSSR count). The molecule has 28 heavy (non-hydrogen) atoms. The van der Waals surface area contributed by atoms with E-state index in [9.17, 15) is 4.79 Å². The summed E-state index contributed by atoms with van der Waals surface area (Å²) in [5.41, 5.74) is 7.12. The predicted molar refractivity (Wildman–Crippen MR) is 116 cm³/mol. The molecule has 0 unspecified atom stereocenters. The van der Waals surface area contributed by atoms with Gasteiger partial charge < -0.3 is 4.90 Å². The van der Waals surface area contributed by atoms with Gasteiger partial charge in [0, 0.05) is 36.6 Å². The second-order valence-corrected chi connectivity index (χ2v) is 8.26. The Morgan fingerprint density at radius 2 is 2.07 bits per heavy atom. The van der Waals surface area contributed by atoms with Crippen LogP contribution in [0.5, 0.6) is 0 Å². The van der Waals surface area contributed by atoms with Crippen LogP contribution < -0.4 is 5.43 Å². The molecule has 0 bridgehead atoms. The molecule has 1 fully saturated rings. The number of likely N-dealkylation sites (tertiary alicyclic amines) is 1. The second-order valence-electron chi connectivity index (χ2n) is 8.26. The van der Waals surface area contributed by atoms with Crippen LogP contribution in [-0.4, -0.2) is 52.7 Å². The highest BCUT2D eigenvalue weighted by Crippen LogP contribution is 2.43. The standard InChI is InChI=1S/C23H34N4O/c1-4-7-13-26-14-9-11-18-19-10-8-12-20-22(19)17(15-21(18)26)16-27(20)24-23(28)25(5-2)6-3/h8,10,12,16,18,21H,4-7,9,11,13-15H2,1-3H3,(H,24,28)/t18-,21-/m1/s1. The van der Waals surface area contributed by atoms with Gasteiger partial charge in [-0.25, -0.2) is 10.2 Å². The average Bonchev–Trinajstić information content (AvgIpc) is 3.06. The topological polar surface area (TPSA) is 40.5 Å². The number of hydrogen-bond acceptors (Lipinski definition) is 2. The van der Waals surface area contributed by atoms with E-state index in [4.69, 9.17) is 0 Å². The van der Waals surface area contributed by atoms with Crippen LogP contribution in [-0.2, 0) is 6.42 Å². The molecular formula is C23H34N4O. The van der Waals surface area contributed by atoms with Crippen LogP contribution >= 0.6 is 0 Å². The first-order valence-corrected chi connectivity index (χ1v) is 11.1. The number of carbonyl (C=O) groups is 1. The third-order valence-electron chi connectivity index (χ3n) is 6.73. The third kappa shape index (κ3) is 3.30. The van der Waals surface area contributed by atoms with E-state index >= 15 is 0 Å². The van der Waals surface area contributed by atoms with Crippen molar-refractivity contribution in [3.8, 4) is 0 Å². The lowest BCUT2D eigenvalue weighted by molar-refractivity contribution is 0.122. The zero-order chi connectivity index (χ0) is 19.7. The lowest BCUT2D eigenvalue weighted by Crippen LogP contribution is -2.47. The lowest BCUT2D eigenvalue weighted by atomic mass is 9.75. The van der Waals surface area contributed by atoms with Crippen LogP contribution in [0.25, 0.3) is 10.9 Å². The summed E-state index contributed by atoms with van der Waals surface area (Å²) >= 11 is 0. The molecule has 0 saturated carbocycles. The Morgan fingerprint density at radius 3 is 2.82 bits per heavy atom. The van der Waals surface area contributed by atoms with E-state index < -0.39 is 0 Å². The number of amides is 2. The molecule has 1 aliphatic heterocycles. The number of carbonyl (C=O) groups excluding carboxylic acids is 1. The van der Waals surface area contributed by atoms with Gasteiger partial charge in [-0.2, -0.15) is 0 Å². The van der Waals surface area contributed by atoms with Crippen molar-refractivity contribution in [1.82, 2.24) is 14.5 Å². The van der Waals surface area contributed by atoms with Gasteiger partial charge in [-0.05, 0) is 69.8 Å². The molecule has 0 spiro atoms. The summed E-state index contributed by atoms with van der Waals surface area (Å²) in [4.78, 5) is 17.2. The Balaban J connectivity index is 1.67. The van der Waals surface area contributed by atoms with Gasteiger partial charge >= 0.3 is 6.03 Å². The first kappa shape index (κ1) is 19.3. The molecule has 2 atom stereocenters. The van der Waals surface area contributed by atoms with Crippen molar-refractivity contribution in [2.45, 2.75) is 64.8 Å². The minimum absolute atomic E-state index is 0.0277. The van der Waals surface area contributed by atoms with Crippen LogP contribution in [0.2, 0.25) is 0 Å². The van der Waals surface area contributed by atoms with Crippen molar-refractivity contribution < 1.29 is 4.79 Å². The zero-order valence-corrected chi connectivity index (χ0v) is 17.6. The molecule has 2 amide bonds. The number of hydrogen-bond donors (Lipinski definition) is 1. The third-order valence-corrected chi connectivity index (χ3v) is 6.73. The SMILES string of the molecule is CCCCN1CCC[C@@H]2c3cccc4c3c(cn4NC(=O)N(CC)CC)C[C@H]21. The zero-order valence-electron chi connectivity index (χ0n) is 17.6. The highest BCUT2D eigenvalue weighted by molar-refractivity contribution is 5.92. The molecule has 152 valence electrons. The molecule has 2 aromatic rings. The quantitative estimate of drug-likeness (QED) is 0.796. The number of piperidine rings is 1. The number of fused-ring (bicyclic) bond motifs is 2. The van der Waals surface area contributed by atoms with E-state index in [1.54, 1.807) is 0 Å². The van der Waals surface area contributed by atoms with Gasteiger partial charge in [0.1, 0.15) is 0 Å². The van der Waals surface area contributed by atoms with Crippen molar-refractivity contribution in [3.05, 3.63) is 35.5 Å². The van der Waals surface area contributed by atoms with Crippen molar-refractivity contribution in [2.24, 2.45) is 0 Å². The molecule has 1 N–H and O–H groups in total. The number of nitrogens with zero attached hydrogens (tertiary/aromatic N) is 3. The Labute approximate surface area is 168 Å². The maximum atomic E-state index is 12.6. The van der Waals surface area contributed by atoms with Crippen LogP contribution in [0, 0.1) is 0 Å².